The minimum atomic E-state index is 0.609. The normalized spacial score (nSPS) is 12.8. The second-order valence-corrected chi connectivity index (χ2v) is 6.55. The number of aromatic nitrogens is 2. The number of nitrogens with zero attached hydrogens (tertiary/aromatic N) is 2. The van der Waals surface area contributed by atoms with Crippen molar-refractivity contribution < 1.29 is 4.52 Å². The smallest absolute Gasteiger partial charge is 0.226 e. The van der Waals surface area contributed by atoms with E-state index in [-0.39, 0.29) is 0 Å². The number of halogens is 1. The molecule has 0 spiro atoms. The summed E-state index contributed by atoms with van der Waals surface area (Å²) in [6.07, 6.45) is 2.90. The van der Waals surface area contributed by atoms with Crippen molar-refractivity contribution >= 4 is 15.9 Å². The van der Waals surface area contributed by atoms with Crippen LogP contribution in [0.5, 0.6) is 0 Å². The Labute approximate surface area is 134 Å². The van der Waals surface area contributed by atoms with Gasteiger partial charge in [0.1, 0.15) is 0 Å². The monoisotopic (exact) mass is 351 g/mol. The van der Waals surface area contributed by atoms with E-state index in [1.54, 1.807) is 0 Å². The highest BCUT2D eigenvalue weighted by Gasteiger charge is 2.15. The van der Waals surface area contributed by atoms with Crippen LogP contribution in [0.25, 0.3) is 11.4 Å². The van der Waals surface area contributed by atoms with Gasteiger partial charge in [-0.25, -0.2) is 0 Å². The molecule has 0 aliphatic heterocycles. The third-order valence-electron chi connectivity index (χ3n) is 3.78. The van der Waals surface area contributed by atoms with Crippen LogP contribution >= 0.6 is 15.9 Å². The number of hydrogen-bond donors (Lipinski definition) is 1. The highest BCUT2D eigenvalue weighted by atomic mass is 79.9. The maximum atomic E-state index is 5.67. The molecule has 0 aliphatic carbocycles. The van der Waals surface area contributed by atoms with E-state index >= 15 is 0 Å². The molecular formula is C16H22BrN3O. The minimum absolute atomic E-state index is 0.609. The number of nitrogens with two attached hydrogens (primary N) is 1. The largest absolute Gasteiger partial charge is 0.339 e. The molecule has 1 aromatic carbocycles. The minimum Gasteiger partial charge on any atom is -0.339 e. The fourth-order valence-corrected chi connectivity index (χ4v) is 2.67. The van der Waals surface area contributed by atoms with Crippen LogP contribution in [0.4, 0.5) is 0 Å². The number of hydrogen-bond acceptors (Lipinski definition) is 4. The summed E-state index contributed by atoms with van der Waals surface area (Å²) in [7, 11) is 0. The lowest BCUT2D eigenvalue weighted by molar-refractivity contribution is 0.313. The molecule has 4 nitrogen and oxygen atoms in total. The lowest BCUT2D eigenvalue weighted by Gasteiger charge is -2.18. The Kier molecular flexibility index (Phi) is 5.94. The average molecular weight is 352 g/mol. The molecule has 1 unspecified atom stereocenters. The number of benzene rings is 1. The Balaban J connectivity index is 1.98. The zero-order valence-corrected chi connectivity index (χ0v) is 14.1. The maximum absolute atomic E-state index is 5.67. The topological polar surface area (TPSA) is 64.9 Å². The average Bonchev–Trinajstić information content (AvgIpc) is 2.92. The first-order chi connectivity index (χ1) is 10.1. The number of rotatable bonds is 7. The van der Waals surface area contributed by atoms with Gasteiger partial charge in [-0.05, 0) is 55.5 Å². The van der Waals surface area contributed by atoms with Crippen molar-refractivity contribution in [3.8, 4) is 11.4 Å². The Morgan fingerprint density at radius 2 is 1.90 bits per heavy atom. The Hall–Kier alpha value is -1.20. The fourth-order valence-electron chi connectivity index (χ4n) is 2.41. The van der Waals surface area contributed by atoms with Crippen molar-refractivity contribution in [2.45, 2.75) is 33.1 Å². The van der Waals surface area contributed by atoms with Gasteiger partial charge in [0.2, 0.25) is 11.7 Å². The molecule has 0 bridgehead atoms. The summed E-state index contributed by atoms with van der Waals surface area (Å²) < 4.78 is 6.39. The molecule has 1 aromatic heterocycles. The summed E-state index contributed by atoms with van der Waals surface area (Å²) in [5.41, 5.74) is 6.64. The van der Waals surface area contributed by atoms with Gasteiger partial charge in [0.05, 0.1) is 0 Å². The first kappa shape index (κ1) is 16.2. The van der Waals surface area contributed by atoms with Gasteiger partial charge >= 0.3 is 0 Å². The van der Waals surface area contributed by atoms with Crippen LogP contribution in [0.1, 0.15) is 32.6 Å². The lowest BCUT2D eigenvalue weighted by atomic mass is 9.88. The quantitative estimate of drug-likeness (QED) is 0.816. The molecular weight excluding hydrogens is 330 g/mol. The Bertz CT molecular complexity index is 551. The predicted molar refractivity (Wildman–Crippen MR) is 87.8 cm³/mol. The van der Waals surface area contributed by atoms with Crippen LogP contribution in [0, 0.1) is 11.8 Å². The van der Waals surface area contributed by atoms with Crippen molar-refractivity contribution in [2.24, 2.45) is 17.6 Å². The van der Waals surface area contributed by atoms with Crippen molar-refractivity contribution in [3.63, 3.8) is 0 Å². The van der Waals surface area contributed by atoms with E-state index in [0.717, 1.165) is 35.8 Å². The van der Waals surface area contributed by atoms with Gasteiger partial charge in [-0.1, -0.05) is 34.9 Å². The molecule has 0 fully saturated rings. The van der Waals surface area contributed by atoms with Crippen molar-refractivity contribution in [1.29, 1.82) is 0 Å². The summed E-state index contributed by atoms with van der Waals surface area (Å²) in [4.78, 5) is 4.48. The van der Waals surface area contributed by atoms with E-state index in [2.05, 4.69) is 39.9 Å². The molecule has 21 heavy (non-hydrogen) atoms. The lowest BCUT2D eigenvalue weighted by Crippen LogP contribution is -2.15. The van der Waals surface area contributed by atoms with E-state index in [4.69, 9.17) is 10.3 Å². The second-order valence-electron chi connectivity index (χ2n) is 5.64. The molecule has 5 heteroatoms. The van der Waals surface area contributed by atoms with Crippen molar-refractivity contribution in [2.75, 3.05) is 6.54 Å². The predicted octanol–water partition coefficient (Wildman–Crippen LogP) is 4.05. The molecule has 0 radical (unpaired) electrons. The van der Waals surface area contributed by atoms with Crippen molar-refractivity contribution in [3.05, 3.63) is 34.6 Å². The molecule has 0 aliphatic rings. The first-order valence-corrected chi connectivity index (χ1v) is 8.18. The Morgan fingerprint density at radius 1 is 1.19 bits per heavy atom. The van der Waals surface area contributed by atoms with E-state index in [9.17, 15) is 0 Å². The van der Waals surface area contributed by atoms with Gasteiger partial charge in [0.15, 0.2) is 0 Å². The van der Waals surface area contributed by atoms with Crippen LogP contribution in [-0.2, 0) is 6.42 Å². The molecule has 0 amide bonds. The third kappa shape index (κ3) is 4.64. The SMILES string of the molecule is CC(C)C(CCN)CCc1nc(-c2ccc(Br)cc2)no1. The zero-order valence-electron chi connectivity index (χ0n) is 12.6. The molecule has 2 rings (SSSR count). The summed E-state index contributed by atoms with van der Waals surface area (Å²) in [6, 6.07) is 7.90. The van der Waals surface area contributed by atoms with E-state index in [0.29, 0.717) is 23.6 Å². The summed E-state index contributed by atoms with van der Waals surface area (Å²) >= 11 is 3.42. The van der Waals surface area contributed by atoms with Gasteiger partial charge < -0.3 is 10.3 Å². The Morgan fingerprint density at radius 3 is 2.52 bits per heavy atom. The molecule has 1 heterocycles. The van der Waals surface area contributed by atoms with E-state index in [1.165, 1.54) is 0 Å². The number of aryl methyl sites for hydroxylation is 1. The summed E-state index contributed by atoms with van der Waals surface area (Å²) in [6.45, 7) is 5.21. The van der Waals surface area contributed by atoms with Crippen LogP contribution in [0.2, 0.25) is 0 Å². The molecule has 0 saturated heterocycles. The van der Waals surface area contributed by atoms with Crippen LogP contribution in [0.3, 0.4) is 0 Å². The molecule has 0 saturated carbocycles. The van der Waals surface area contributed by atoms with Crippen molar-refractivity contribution in [1.82, 2.24) is 10.1 Å². The first-order valence-electron chi connectivity index (χ1n) is 7.38. The standard InChI is InChI=1S/C16H22BrN3O/c1-11(2)12(9-10-18)5-8-15-19-16(20-21-15)13-3-6-14(17)7-4-13/h3-4,6-7,11-12H,5,8-10,18H2,1-2H3. The molecule has 2 aromatic rings. The van der Waals surface area contributed by atoms with Gasteiger partial charge in [-0.2, -0.15) is 4.98 Å². The molecule has 114 valence electrons. The van der Waals surface area contributed by atoms with Gasteiger partial charge in [0.25, 0.3) is 0 Å². The zero-order chi connectivity index (χ0) is 15.2. The summed E-state index contributed by atoms with van der Waals surface area (Å²) in [5, 5.41) is 4.06. The highest BCUT2D eigenvalue weighted by molar-refractivity contribution is 9.10. The van der Waals surface area contributed by atoms with Gasteiger partial charge in [-0.15, -0.1) is 0 Å². The van der Waals surface area contributed by atoms with Gasteiger partial charge in [0, 0.05) is 16.5 Å². The molecule has 1 atom stereocenters. The second kappa shape index (κ2) is 7.71. The van der Waals surface area contributed by atoms with E-state index in [1.807, 2.05) is 24.3 Å². The maximum Gasteiger partial charge on any atom is 0.226 e. The van der Waals surface area contributed by atoms with Gasteiger partial charge in [-0.3, -0.25) is 0 Å². The highest BCUT2D eigenvalue weighted by Crippen LogP contribution is 2.22. The molecule has 2 N–H and O–H groups in total. The summed E-state index contributed by atoms with van der Waals surface area (Å²) in [5.74, 6) is 2.59. The van der Waals surface area contributed by atoms with E-state index < -0.39 is 0 Å². The fraction of sp³-hybridized carbons (Fsp3) is 0.500. The third-order valence-corrected chi connectivity index (χ3v) is 4.31. The van der Waals surface area contributed by atoms with Crippen LogP contribution < -0.4 is 5.73 Å². The van der Waals surface area contributed by atoms with Crippen LogP contribution in [0.15, 0.2) is 33.3 Å². The van der Waals surface area contributed by atoms with Crippen LogP contribution in [-0.4, -0.2) is 16.7 Å².